The van der Waals surface area contributed by atoms with Crippen molar-refractivity contribution in [2.75, 3.05) is 19.5 Å². The highest BCUT2D eigenvalue weighted by atomic mass is 35.5. The molecule has 0 atom stereocenters. The first-order chi connectivity index (χ1) is 13.5. The van der Waals surface area contributed by atoms with Crippen LogP contribution in [0, 0.1) is 10.1 Å². The van der Waals surface area contributed by atoms with Gasteiger partial charge < -0.3 is 14.8 Å². The lowest BCUT2D eigenvalue weighted by Gasteiger charge is -2.14. The topological polar surface area (TPSA) is 102 Å². The summed E-state index contributed by atoms with van der Waals surface area (Å²) >= 11 is 12.7. The fourth-order valence-corrected chi connectivity index (χ4v) is 3.32. The zero-order chi connectivity index (χ0) is 20.3. The van der Waals surface area contributed by atoms with Crippen LogP contribution in [0.3, 0.4) is 0 Å². The smallest absolute Gasteiger partial charge is 0.278 e. The van der Waals surface area contributed by atoms with E-state index in [1.54, 1.807) is 30.3 Å². The Labute approximate surface area is 170 Å². The highest BCUT2D eigenvalue weighted by Crippen LogP contribution is 2.40. The summed E-state index contributed by atoms with van der Waals surface area (Å²) < 4.78 is 10.5. The molecule has 1 aromatic heterocycles. The number of H-pyrrole nitrogens is 1. The average Bonchev–Trinajstić information content (AvgIpc) is 3.17. The lowest BCUT2D eigenvalue weighted by Crippen LogP contribution is -2.03. The molecule has 0 saturated heterocycles. The van der Waals surface area contributed by atoms with Gasteiger partial charge in [-0.15, -0.1) is 0 Å². The molecule has 3 aromatic rings. The number of nitrogens with one attached hydrogen (secondary N) is 2. The fraction of sp³-hybridized carbons (Fsp3) is 0.167. The Morgan fingerprint density at radius 3 is 2.39 bits per heavy atom. The largest absolute Gasteiger partial charge is 0.495 e. The Morgan fingerprint density at radius 2 is 1.79 bits per heavy atom. The van der Waals surface area contributed by atoms with Gasteiger partial charge in [0.25, 0.3) is 5.69 Å². The van der Waals surface area contributed by atoms with Gasteiger partial charge in [-0.25, -0.2) is 0 Å². The van der Waals surface area contributed by atoms with Crippen LogP contribution in [0.1, 0.15) is 5.56 Å². The summed E-state index contributed by atoms with van der Waals surface area (Å²) in [5.74, 6) is 1.34. The number of benzene rings is 2. The van der Waals surface area contributed by atoms with E-state index in [0.29, 0.717) is 44.2 Å². The van der Waals surface area contributed by atoms with E-state index in [0.717, 1.165) is 0 Å². The van der Waals surface area contributed by atoms with Crippen molar-refractivity contribution in [3.63, 3.8) is 0 Å². The van der Waals surface area contributed by atoms with Gasteiger partial charge in [-0.05, 0) is 6.07 Å². The first-order valence-corrected chi connectivity index (χ1v) is 8.83. The van der Waals surface area contributed by atoms with Crippen LogP contribution in [0.5, 0.6) is 11.5 Å². The van der Waals surface area contributed by atoms with Gasteiger partial charge in [0, 0.05) is 30.3 Å². The maximum absolute atomic E-state index is 11.2. The number of nitro groups is 1. The number of aromatic nitrogens is 2. The third kappa shape index (κ3) is 3.83. The highest BCUT2D eigenvalue weighted by molar-refractivity contribution is 6.37. The van der Waals surface area contributed by atoms with Gasteiger partial charge in [-0.2, -0.15) is 5.10 Å². The molecule has 0 aliphatic rings. The van der Waals surface area contributed by atoms with E-state index in [9.17, 15) is 10.1 Å². The van der Waals surface area contributed by atoms with Crippen molar-refractivity contribution >= 4 is 34.7 Å². The predicted molar refractivity (Wildman–Crippen MR) is 108 cm³/mol. The van der Waals surface area contributed by atoms with E-state index in [1.807, 2.05) is 0 Å². The van der Waals surface area contributed by atoms with Gasteiger partial charge in [0.15, 0.2) is 0 Å². The monoisotopic (exact) mass is 422 g/mol. The van der Waals surface area contributed by atoms with Gasteiger partial charge in [-0.3, -0.25) is 15.2 Å². The van der Waals surface area contributed by atoms with Gasteiger partial charge in [0.1, 0.15) is 17.3 Å². The number of hydrogen-bond donors (Lipinski definition) is 2. The molecule has 0 aliphatic carbocycles. The molecule has 2 aromatic carbocycles. The van der Waals surface area contributed by atoms with E-state index in [1.165, 1.54) is 20.3 Å². The Kier molecular flexibility index (Phi) is 5.91. The lowest BCUT2D eigenvalue weighted by molar-refractivity contribution is -0.384. The zero-order valence-electron chi connectivity index (χ0n) is 15.0. The van der Waals surface area contributed by atoms with Crippen molar-refractivity contribution in [2.24, 2.45) is 0 Å². The molecule has 1 heterocycles. The lowest BCUT2D eigenvalue weighted by atomic mass is 10.1. The van der Waals surface area contributed by atoms with Gasteiger partial charge in [-0.1, -0.05) is 35.3 Å². The number of hydrogen-bond acceptors (Lipinski definition) is 6. The molecule has 0 spiro atoms. The molecule has 3 rings (SSSR count). The summed E-state index contributed by atoms with van der Waals surface area (Å²) in [4.78, 5) is 10.8. The number of para-hydroxylation sites is 1. The van der Waals surface area contributed by atoms with Crippen molar-refractivity contribution in [2.45, 2.75) is 6.54 Å². The minimum Gasteiger partial charge on any atom is -0.495 e. The van der Waals surface area contributed by atoms with Gasteiger partial charge in [0.2, 0.25) is 0 Å². The van der Waals surface area contributed by atoms with E-state index >= 15 is 0 Å². The first kappa shape index (κ1) is 19.8. The van der Waals surface area contributed by atoms with Crippen LogP contribution in [-0.2, 0) is 6.54 Å². The molecule has 0 bridgehead atoms. The third-order valence-corrected chi connectivity index (χ3v) is 4.91. The standard InChI is InChI=1S/C18H16Cl2N4O4/c1-27-14-8-15(28-2)18(20)11(17(14)19)9-21-16-7-12(22-23-16)10-5-3-4-6-13(10)24(25)26/h3-8H,9H2,1-2H3,(H2,21,22,23). The molecular formula is C18H16Cl2N4O4. The maximum Gasteiger partial charge on any atom is 0.278 e. The van der Waals surface area contributed by atoms with Crippen molar-refractivity contribution in [3.05, 3.63) is 62.1 Å². The fourth-order valence-electron chi connectivity index (χ4n) is 2.68. The molecular weight excluding hydrogens is 407 g/mol. The summed E-state index contributed by atoms with van der Waals surface area (Å²) in [7, 11) is 3.00. The Balaban J connectivity index is 1.86. The second kappa shape index (κ2) is 8.37. The zero-order valence-corrected chi connectivity index (χ0v) is 16.5. The highest BCUT2D eigenvalue weighted by Gasteiger charge is 2.19. The minimum atomic E-state index is -0.439. The quantitative estimate of drug-likeness (QED) is 0.413. The van der Waals surface area contributed by atoms with E-state index < -0.39 is 4.92 Å². The summed E-state index contributed by atoms with van der Waals surface area (Å²) in [6.07, 6.45) is 0. The van der Waals surface area contributed by atoms with E-state index in [-0.39, 0.29) is 12.2 Å². The number of nitro benzene ring substituents is 1. The van der Waals surface area contributed by atoms with Crippen molar-refractivity contribution in [3.8, 4) is 22.8 Å². The number of rotatable bonds is 7. The molecule has 0 unspecified atom stereocenters. The normalized spacial score (nSPS) is 10.6. The summed E-state index contributed by atoms with van der Waals surface area (Å²) in [5.41, 5.74) is 1.51. The van der Waals surface area contributed by atoms with Crippen LogP contribution >= 0.6 is 23.2 Å². The second-order valence-electron chi connectivity index (χ2n) is 5.68. The van der Waals surface area contributed by atoms with Crippen molar-refractivity contribution in [1.29, 1.82) is 0 Å². The van der Waals surface area contributed by atoms with Crippen LogP contribution in [0.4, 0.5) is 11.5 Å². The Hall–Kier alpha value is -2.97. The van der Waals surface area contributed by atoms with Crippen LogP contribution in [0.2, 0.25) is 10.0 Å². The number of anilines is 1. The van der Waals surface area contributed by atoms with Gasteiger partial charge in [0.05, 0.1) is 40.4 Å². The summed E-state index contributed by atoms with van der Waals surface area (Å²) in [6, 6.07) is 9.69. The molecule has 2 N–H and O–H groups in total. The predicted octanol–water partition coefficient (Wildman–Crippen LogP) is 4.92. The first-order valence-electron chi connectivity index (χ1n) is 8.08. The maximum atomic E-state index is 11.2. The summed E-state index contributed by atoms with van der Waals surface area (Å²) in [6.45, 7) is 0.242. The molecule has 0 radical (unpaired) electrons. The number of halogens is 2. The Morgan fingerprint density at radius 1 is 1.14 bits per heavy atom. The van der Waals surface area contributed by atoms with Crippen LogP contribution in [0.25, 0.3) is 11.3 Å². The number of methoxy groups -OCH3 is 2. The van der Waals surface area contributed by atoms with Crippen LogP contribution in [0.15, 0.2) is 36.4 Å². The molecule has 0 fully saturated rings. The number of nitrogens with zero attached hydrogens (tertiary/aromatic N) is 2. The molecule has 8 nitrogen and oxygen atoms in total. The number of aromatic amines is 1. The Bertz CT molecular complexity index is 995. The molecule has 146 valence electrons. The summed E-state index contributed by atoms with van der Waals surface area (Å²) in [5, 5.41) is 22.0. The van der Waals surface area contributed by atoms with Crippen LogP contribution < -0.4 is 14.8 Å². The van der Waals surface area contributed by atoms with Crippen molar-refractivity contribution in [1.82, 2.24) is 10.2 Å². The van der Waals surface area contributed by atoms with E-state index in [4.69, 9.17) is 32.7 Å². The van der Waals surface area contributed by atoms with Crippen LogP contribution in [-0.4, -0.2) is 29.3 Å². The molecule has 0 amide bonds. The molecule has 28 heavy (non-hydrogen) atoms. The SMILES string of the molecule is COc1cc(OC)c(Cl)c(CNc2cc(-c3ccccc3[N+](=O)[O-])[nH]n2)c1Cl. The minimum absolute atomic E-state index is 0.0127. The van der Waals surface area contributed by atoms with Gasteiger partial charge >= 0.3 is 0 Å². The number of ether oxygens (including phenoxy) is 2. The molecule has 0 saturated carbocycles. The molecule has 0 aliphatic heterocycles. The third-order valence-electron chi connectivity index (χ3n) is 4.08. The average molecular weight is 423 g/mol. The second-order valence-corrected chi connectivity index (χ2v) is 6.44. The molecule has 10 heteroatoms. The van der Waals surface area contributed by atoms with Crippen molar-refractivity contribution < 1.29 is 14.4 Å². The van der Waals surface area contributed by atoms with E-state index in [2.05, 4.69) is 15.5 Å².